The molecule has 1 N–H and O–H groups in total. The number of hydrogen-bond donors (Lipinski definition) is 1. The zero-order chi connectivity index (χ0) is 23.5. The Hall–Kier alpha value is -3.11. The number of hydrogen-bond acceptors (Lipinski definition) is 2. The molecule has 0 fully saturated rings. The maximum Gasteiger partial charge on any atom is 0.243 e. The third-order valence-corrected chi connectivity index (χ3v) is 5.96. The first kappa shape index (κ1) is 24.5. The number of halogens is 1. The summed E-state index contributed by atoms with van der Waals surface area (Å²) < 4.78 is 0. The van der Waals surface area contributed by atoms with Crippen molar-refractivity contribution < 1.29 is 9.59 Å². The van der Waals surface area contributed by atoms with E-state index in [1.165, 1.54) is 0 Å². The van der Waals surface area contributed by atoms with Gasteiger partial charge in [0.15, 0.2) is 0 Å². The fourth-order valence-electron chi connectivity index (χ4n) is 3.75. The highest BCUT2D eigenvalue weighted by atomic mass is 35.5. The topological polar surface area (TPSA) is 49.4 Å². The highest BCUT2D eigenvalue weighted by Gasteiger charge is 2.30. The molecule has 0 saturated carbocycles. The molecule has 4 nitrogen and oxygen atoms in total. The van der Waals surface area contributed by atoms with Crippen molar-refractivity contribution in [3.05, 3.63) is 107 Å². The fourth-order valence-corrected chi connectivity index (χ4v) is 3.95. The smallest absolute Gasteiger partial charge is 0.243 e. The molecule has 3 aromatic rings. The molecule has 5 heteroatoms. The van der Waals surface area contributed by atoms with Crippen LogP contribution in [0.25, 0.3) is 0 Å². The summed E-state index contributed by atoms with van der Waals surface area (Å²) >= 11 is 6.34. The molecule has 33 heavy (non-hydrogen) atoms. The molecule has 3 aromatic carbocycles. The summed E-state index contributed by atoms with van der Waals surface area (Å²) in [5.74, 6) is -0.255. The Labute approximate surface area is 201 Å². The number of rotatable bonds is 11. The van der Waals surface area contributed by atoms with Crippen LogP contribution in [0.3, 0.4) is 0 Å². The Morgan fingerprint density at radius 3 is 2.12 bits per heavy atom. The van der Waals surface area contributed by atoms with Crippen molar-refractivity contribution in [2.75, 3.05) is 6.54 Å². The lowest BCUT2D eigenvalue weighted by molar-refractivity contribution is -0.140. The van der Waals surface area contributed by atoms with Crippen LogP contribution in [0, 0.1) is 0 Å². The van der Waals surface area contributed by atoms with Gasteiger partial charge in [0.1, 0.15) is 6.04 Å². The maximum atomic E-state index is 13.6. The van der Waals surface area contributed by atoms with Gasteiger partial charge >= 0.3 is 0 Å². The predicted molar refractivity (Wildman–Crippen MR) is 134 cm³/mol. The van der Waals surface area contributed by atoms with E-state index in [1.807, 2.05) is 78.9 Å². The maximum absolute atomic E-state index is 13.6. The van der Waals surface area contributed by atoms with Gasteiger partial charge in [-0.25, -0.2) is 0 Å². The summed E-state index contributed by atoms with van der Waals surface area (Å²) in [6.07, 6.45) is 2.47. The normalized spacial score (nSPS) is 11.6. The average Bonchev–Trinajstić information content (AvgIpc) is 2.84. The zero-order valence-corrected chi connectivity index (χ0v) is 19.8. The Morgan fingerprint density at radius 2 is 1.48 bits per heavy atom. The second-order valence-corrected chi connectivity index (χ2v) is 8.53. The van der Waals surface area contributed by atoms with Crippen LogP contribution >= 0.6 is 11.6 Å². The quantitative estimate of drug-likeness (QED) is 0.386. The Morgan fingerprint density at radius 1 is 0.879 bits per heavy atom. The average molecular weight is 463 g/mol. The minimum atomic E-state index is -0.626. The summed E-state index contributed by atoms with van der Waals surface area (Å²) in [7, 11) is 0. The van der Waals surface area contributed by atoms with Gasteiger partial charge in [-0.15, -0.1) is 0 Å². The van der Waals surface area contributed by atoms with E-state index in [9.17, 15) is 9.59 Å². The van der Waals surface area contributed by atoms with Gasteiger partial charge in [0, 0.05) is 24.5 Å². The van der Waals surface area contributed by atoms with Crippen LogP contribution in [-0.4, -0.2) is 29.3 Å². The molecule has 2 amide bonds. The Bertz CT molecular complexity index is 1020. The van der Waals surface area contributed by atoms with E-state index in [1.54, 1.807) is 11.0 Å². The molecule has 0 heterocycles. The molecule has 1 unspecified atom stereocenters. The van der Waals surface area contributed by atoms with Crippen LogP contribution < -0.4 is 5.32 Å². The van der Waals surface area contributed by atoms with E-state index in [4.69, 9.17) is 11.6 Å². The van der Waals surface area contributed by atoms with Crippen molar-refractivity contribution in [1.82, 2.24) is 10.2 Å². The van der Waals surface area contributed by atoms with Crippen molar-refractivity contribution >= 4 is 23.4 Å². The number of nitrogens with one attached hydrogen (secondary N) is 1. The number of amides is 2. The minimum absolute atomic E-state index is 0.126. The Balaban J connectivity index is 1.92. The molecule has 0 aliphatic heterocycles. The first-order valence-corrected chi connectivity index (χ1v) is 11.8. The summed E-state index contributed by atoms with van der Waals surface area (Å²) in [5, 5.41) is 3.59. The third-order valence-electron chi connectivity index (χ3n) is 5.60. The van der Waals surface area contributed by atoms with Gasteiger partial charge in [-0.3, -0.25) is 9.59 Å². The van der Waals surface area contributed by atoms with Gasteiger partial charge < -0.3 is 10.2 Å². The van der Waals surface area contributed by atoms with E-state index in [-0.39, 0.29) is 18.2 Å². The number of benzene rings is 3. The van der Waals surface area contributed by atoms with E-state index in [0.29, 0.717) is 24.5 Å². The fraction of sp³-hybridized carbons (Fsp3) is 0.286. The van der Waals surface area contributed by atoms with Gasteiger partial charge in [-0.1, -0.05) is 104 Å². The molecule has 172 valence electrons. The van der Waals surface area contributed by atoms with E-state index in [2.05, 4.69) is 12.2 Å². The second kappa shape index (κ2) is 12.8. The lowest BCUT2D eigenvalue weighted by Crippen LogP contribution is -2.51. The molecule has 1 atom stereocenters. The van der Waals surface area contributed by atoms with Gasteiger partial charge in [0.2, 0.25) is 11.8 Å². The summed E-state index contributed by atoms with van der Waals surface area (Å²) in [6.45, 7) is 3.03. The van der Waals surface area contributed by atoms with Crippen molar-refractivity contribution in [3.8, 4) is 0 Å². The molecule has 0 spiro atoms. The van der Waals surface area contributed by atoms with Crippen LogP contribution in [-0.2, 0) is 29.0 Å². The van der Waals surface area contributed by atoms with E-state index >= 15 is 0 Å². The molecule has 0 aromatic heterocycles. The standard InChI is InChI=1S/C28H31ClN2O2/c1-2-3-18-30-28(33)26(19-22-12-6-4-7-13-22)31(21-23-14-8-5-9-15-23)27(32)20-24-16-10-11-17-25(24)29/h4-17,26H,2-3,18-21H2,1H3,(H,30,33). The first-order valence-electron chi connectivity index (χ1n) is 11.5. The van der Waals surface area contributed by atoms with Crippen LogP contribution in [0.4, 0.5) is 0 Å². The molecular weight excluding hydrogens is 432 g/mol. The highest BCUT2D eigenvalue weighted by molar-refractivity contribution is 6.31. The molecule has 3 rings (SSSR count). The number of carbonyl (C=O) groups excluding carboxylic acids is 2. The molecule has 0 radical (unpaired) electrons. The Kier molecular flexibility index (Phi) is 9.52. The van der Waals surface area contributed by atoms with Gasteiger partial charge in [0.25, 0.3) is 0 Å². The van der Waals surface area contributed by atoms with Crippen molar-refractivity contribution in [1.29, 1.82) is 0 Å². The van der Waals surface area contributed by atoms with Crippen molar-refractivity contribution in [3.63, 3.8) is 0 Å². The number of nitrogens with zero attached hydrogens (tertiary/aromatic N) is 1. The van der Waals surface area contributed by atoms with Crippen LogP contribution in [0.1, 0.15) is 36.5 Å². The first-order chi connectivity index (χ1) is 16.1. The summed E-state index contributed by atoms with van der Waals surface area (Å²) in [4.78, 5) is 28.7. The van der Waals surface area contributed by atoms with Gasteiger partial charge in [-0.05, 0) is 29.2 Å². The number of carbonyl (C=O) groups is 2. The van der Waals surface area contributed by atoms with Crippen LogP contribution in [0.2, 0.25) is 5.02 Å². The zero-order valence-electron chi connectivity index (χ0n) is 19.0. The van der Waals surface area contributed by atoms with Crippen LogP contribution in [0.15, 0.2) is 84.9 Å². The highest BCUT2D eigenvalue weighted by Crippen LogP contribution is 2.20. The molecule has 0 aliphatic rings. The van der Waals surface area contributed by atoms with Gasteiger partial charge in [0.05, 0.1) is 6.42 Å². The van der Waals surface area contributed by atoms with Crippen LogP contribution in [0.5, 0.6) is 0 Å². The van der Waals surface area contributed by atoms with E-state index < -0.39 is 6.04 Å². The molecule has 0 saturated heterocycles. The predicted octanol–water partition coefficient (Wildman–Crippen LogP) is 5.44. The van der Waals surface area contributed by atoms with E-state index in [0.717, 1.165) is 29.5 Å². The lowest BCUT2D eigenvalue weighted by atomic mass is 10.0. The molecule has 0 aliphatic carbocycles. The largest absolute Gasteiger partial charge is 0.354 e. The summed E-state index contributed by atoms with van der Waals surface area (Å²) in [5.41, 5.74) is 2.74. The van der Waals surface area contributed by atoms with Crippen molar-refractivity contribution in [2.24, 2.45) is 0 Å². The lowest BCUT2D eigenvalue weighted by Gasteiger charge is -2.32. The monoisotopic (exact) mass is 462 g/mol. The SMILES string of the molecule is CCCCNC(=O)C(Cc1ccccc1)N(Cc1ccccc1)C(=O)Cc1ccccc1Cl. The molecular formula is C28H31ClN2O2. The summed E-state index contributed by atoms with van der Waals surface area (Å²) in [6, 6.07) is 26.3. The molecule has 0 bridgehead atoms. The third kappa shape index (κ3) is 7.47. The second-order valence-electron chi connectivity index (χ2n) is 8.13. The van der Waals surface area contributed by atoms with Gasteiger partial charge in [-0.2, -0.15) is 0 Å². The number of unbranched alkanes of at least 4 members (excludes halogenated alkanes) is 1. The minimum Gasteiger partial charge on any atom is -0.354 e. The van der Waals surface area contributed by atoms with Crippen molar-refractivity contribution in [2.45, 2.75) is 45.2 Å².